The minimum absolute atomic E-state index is 0.0477. The third-order valence-corrected chi connectivity index (χ3v) is 5.76. The molecule has 0 aliphatic heterocycles. The second-order valence-corrected chi connectivity index (χ2v) is 8.28. The van der Waals surface area contributed by atoms with Gasteiger partial charge < -0.3 is 26.2 Å². The predicted octanol–water partition coefficient (Wildman–Crippen LogP) is 1.69. The predicted molar refractivity (Wildman–Crippen MR) is 125 cm³/mol. The summed E-state index contributed by atoms with van der Waals surface area (Å²) in [6.45, 7) is 0.943. The van der Waals surface area contributed by atoms with Crippen molar-refractivity contribution in [2.75, 3.05) is 13.2 Å². The Bertz CT molecular complexity index is 1170. The SMILES string of the molecule is C[C@@H](CCO)N(CC(=O)NCc1cccc(Cl)c1F)C(=O)Cn1nc(C(N)O)c2ccccc21. The lowest BCUT2D eigenvalue weighted by atomic mass is 10.2. The monoisotopic (exact) mass is 491 g/mol. The summed E-state index contributed by atoms with van der Waals surface area (Å²) in [6, 6.07) is 11.1. The molecule has 0 bridgehead atoms. The second kappa shape index (κ2) is 11.4. The summed E-state index contributed by atoms with van der Waals surface area (Å²) in [5.41, 5.74) is 6.67. The zero-order valence-corrected chi connectivity index (χ0v) is 19.4. The van der Waals surface area contributed by atoms with Gasteiger partial charge in [-0.15, -0.1) is 0 Å². The molecule has 9 nitrogen and oxygen atoms in total. The number of fused-ring (bicyclic) bond motifs is 1. The van der Waals surface area contributed by atoms with E-state index in [4.69, 9.17) is 17.3 Å². The molecule has 1 heterocycles. The van der Waals surface area contributed by atoms with Crippen LogP contribution >= 0.6 is 11.6 Å². The van der Waals surface area contributed by atoms with Crippen LogP contribution in [0.4, 0.5) is 4.39 Å². The van der Waals surface area contributed by atoms with Crippen molar-refractivity contribution < 1.29 is 24.2 Å². The van der Waals surface area contributed by atoms with Gasteiger partial charge in [0.2, 0.25) is 11.8 Å². The fourth-order valence-corrected chi connectivity index (χ4v) is 3.83. The normalized spacial score (nSPS) is 13.0. The number of amides is 2. The minimum atomic E-state index is -1.32. The molecular formula is C23H27ClFN5O4. The van der Waals surface area contributed by atoms with E-state index in [-0.39, 0.29) is 48.9 Å². The van der Waals surface area contributed by atoms with E-state index < -0.39 is 29.9 Å². The van der Waals surface area contributed by atoms with Crippen molar-refractivity contribution in [1.82, 2.24) is 20.0 Å². The van der Waals surface area contributed by atoms with Crippen molar-refractivity contribution in [1.29, 1.82) is 0 Å². The van der Waals surface area contributed by atoms with Crippen molar-refractivity contribution in [3.05, 3.63) is 64.6 Å². The number of para-hydroxylation sites is 1. The zero-order valence-electron chi connectivity index (χ0n) is 18.6. The van der Waals surface area contributed by atoms with Crippen LogP contribution in [0, 0.1) is 5.82 Å². The third-order valence-electron chi connectivity index (χ3n) is 5.47. The quantitative estimate of drug-likeness (QED) is 0.319. The van der Waals surface area contributed by atoms with Crippen LogP contribution in [-0.4, -0.2) is 55.9 Å². The first-order valence-electron chi connectivity index (χ1n) is 10.7. The summed E-state index contributed by atoms with van der Waals surface area (Å²) < 4.78 is 15.5. The van der Waals surface area contributed by atoms with E-state index in [1.807, 2.05) is 0 Å². The Kier molecular flexibility index (Phi) is 8.56. The molecule has 0 aliphatic rings. The lowest BCUT2D eigenvalue weighted by Crippen LogP contribution is -2.47. The Labute approximate surface area is 200 Å². The van der Waals surface area contributed by atoms with E-state index in [9.17, 15) is 24.2 Å². The Morgan fingerprint density at radius 1 is 1.26 bits per heavy atom. The van der Waals surface area contributed by atoms with Gasteiger partial charge in [0, 0.05) is 30.1 Å². The third kappa shape index (κ3) is 5.89. The Balaban J connectivity index is 1.75. The van der Waals surface area contributed by atoms with E-state index >= 15 is 0 Å². The molecule has 0 fully saturated rings. The summed E-state index contributed by atoms with van der Waals surface area (Å²) in [4.78, 5) is 27.1. The molecule has 0 saturated heterocycles. The number of rotatable bonds is 10. The topological polar surface area (TPSA) is 134 Å². The van der Waals surface area contributed by atoms with E-state index in [2.05, 4.69) is 10.4 Å². The largest absolute Gasteiger partial charge is 0.396 e. The zero-order chi connectivity index (χ0) is 24.8. The van der Waals surface area contributed by atoms with Crippen LogP contribution in [0.2, 0.25) is 5.02 Å². The van der Waals surface area contributed by atoms with Gasteiger partial charge in [0.05, 0.1) is 17.1 Å². The lowest BCUT2D eigenvalue weighted by Gasteiger charge is -2.28. The Morgan fingerprint density at radius 3 is 2.71 bits per heavy atom. The molecule has 2 atom stereocenters. The van der Waals surface area contributed by atoms with E-state index in [1.54, 1.807) is 37.3 Å². The highest BCUT2D eigenvalue weighted by Gasteiger charge is 2.25. The summed E-state index contributed by atoms with van der Waals surface area (Å²) in [7, 11) is 0. The number of hydrogen-bond acceptors (Lipinski definition) is 6. The van der Waals surface area contributed by atoms with Crippen molar-refractivity contribution >= 4 is 34.3 Å². The van der Waals surface area contributed by atoms with Crippen LogP contribution in [0.3, 0.4) is 0 Å². The number of nitrogens with zero attached hydrogens (tertiary/aromatic N) is 3. The van der Waals surface area contributed by atoms with Gasteiger partial charge in [0.1, 0.15) is 24.3 Å². The average Bonchev–Trinajstić information content (AvgIpc) is 3.17. The number of aliphatic hydroxyl groups excluding tert-OH is 2. The molecule has 0 spiro atoms. The van der Waals surface area contributed by atoms with E-state index in [1.165, 1.54) is 21.7 Å². The van der Waals surface area contributed by atoms with E-state index in [0.717, 1.165) is 0 Å². The molecule has 0 radical (unpaired) electrons. The average molecular weight is 492 g/mol. The first kappa shape index (κ1) is 25.6. The number of aromatic nitrogens is 2. The number of hydrogen-bond donors (Lipinski definition) is 4. The summed E-state index contributed by atoms with van der Waals surface area (Å²) >= 11 is 5.78. The van der Waals surface area contributed by atoms with Crippen LogP contribution in [0.1, 0.15) is 30.8 Å². The number of carbonyl (C=O) groups excluding carboxylic acids is 2. The number of nitrogens with two attached hydrogens (primary N) is 1. The van der Waals surface area contributed by atoms with Gasteiger partial charge in [-0.25, -0.2) is 4.39 Å². The molecule has 1 aromatic heterocycles. The molecule has 34 heavy (non-hydrogen) atoms. The van der Waals surface area contributed by atoms with Gasteiger partial charge in [-0.2, -0.15) is 5.10 Å². The molecular weight excluding hydrogens is 465 g/mol. The Hall–Kier alpha value is -3.05. The van der Waals surface area contributed by atoms with Crippen LogP contribution < -0.4 is 11.1 Å². The first-order chi connectivity index (χ1) is 16.2. The molecule has 0 saturated carbocycles. The van der Waals surface area contributed by atoms with Gasteiger partial charge >= 0.3 is 0 Å². The molecule has 182 valence electrons. The molecule has 3 aromatic rings. The van der Waals surface area contributed by atoms with Gasteiger partial charge in [0.15, 0.2) is 0 Å². The smallest absolute Gasteiger partial charge is 0.245 e. The van der Waals surface area contributed by atoms with Gasteiger partial charge in [-0.05, 0) is 25.5 Å². The van der Waals surface area contributed by atoms with Crippen LogP contribution in [-0.2, 0) is 22.7 Å². The van der Waals surface area contributed by atoms with Gasteiger partial charge in [-0.1, -0.05) is 41.9 Å². The second-order valence-electron chi connectivity index (χ2n) is 7.88. The molecule has 2 aromatic carbocycles. The standard InChI is InChI=1S/C23H27ClFN5O4/c1-14(9-10-31)29(12-19(32)27-11-15-5-4-7-17(24)21(15)25)20(33)13-30-18-8-3-2-6-16(18)22(28-30)23(26)34/h2-8,14,23,31,34H,9-13,26H2,1H3,(H,27,32)/t14-,23?/m0/s1. The highest BCUT2D eigenvalue weighted by Crippen LogP contribution is 2.22. The van der Waals surface area contributed by atoms with Crippen molar-refractivity contribution in [3.63, 3.8) is 0 Å². The number of benzene rings is 2. The molecule has 5 N–H and O–H groups in total. The maximum absolute atomic E-state index is 14.1. The maximum atomic E-state index is 14.1. The lowest BCUT2D eigenvalue weighted by molar-refractivity contribution is -0.139. The van der Waals surface area contributed by atoms with Crippen molar-refractivity contribution in [2.45, 2.75) is 38.7 Å². The van der Waals surface area contributed by atoms with Gasteiger partial charge in [0.25, 0.3) is 0 Å². The van der Waals surface area contributed by atoms with Crippen LogP contribution in [0.25, 0.3) is 10.9 Å². The molecule has 2 amide bonds. The molecule has 3 rings (SSSR count). The Morgan fingerprint density at radius 2 is 2.00 bits per heavy atom. The summed E-state index contributed by atoms with van der Waals surface area (Å²) in [5.74, 6) is -1.54. The molecule has 1 unspecified atom stereocenters. The van der Waals surface area contributed by atoms with Crippen molar-refractivity contribution in [2.24, 2.45) is 5.73 Å². The fraction of sp³-hybridized carbons (Fsp3) is 0.348. The van der Waals surface area contributed by atoms with Gasteiger partial charge in [-0.3, -0.25) is 14.3 Å². The van der Waals surface area contributed by atoms with Crippen LogP contribution in [0.15, 0.2) is 42.5 Å². The number of carbonyl (C=O) groups is 2. The summed E-state index contributed by atoms with van der Waals surface area (Å²) in [6.07, 6.45) is -1.06. The highest BCUT2D eigenvalue weighted by atomic mass is 35.5. The number of halogens is 2. The summed E-state index contributed by atoms with van der Waals surface area (Å²) in [5, 5.41) is 26.6. The minimum Gasteiger partial charge on any atom is -0.396 e. The molecule has 11 heteroatoms. The molecule has 0 aliphatic carbocycles. The van der Waals surface area contributed by atoms with E-state index in [0.29, 0.717) is 10.9 Å². The first-order valence-corrected chi connectivity index (χ1v) is 11.1. The fourth-order valence-electron chi connectivity index (χ4n) is 3.63. The van der Waals surface area contributed by atoms with Crippen LogP contribution in [0.5, 0.6) is 0 Å². The maximum Gasteiger partial charge on any atom is 0.245 e. The van der Waals surface area contributed by atoms with Crippen molar-refractivity contribution in [3.8, 4) is 0 Å². The number of nitrogens with one attached hydrogen (secondary N) is 1. The number of aliphatic hydroxyl groups is 2. The highest BCUT2D eigenvalue weighted by molar-refractivity contribution is 6.30.